The van der Waals surface area contributed by atoms with E-state index in [9.17, 15) is 0 Å². The maximum absolute atomic E-state index is 4.66. The number of rotatable bonds is 7. The van der Waals surface area contributed by atoms with Crippen molar-refractivity contribution in [1.82, 2.24) is 20.8 Å². The van der Waals surface area contributed by atoms with E-state index >= 15 is 0 Å². The molecule has 0 aliphatic rings. The van der Waals surface area contributed by atoms with Crippen LogP contribution in [0.1, 0.15) is 35.0 Å². The van der Waals surface area contributed by atoms with Gasteiger partial charge in [-0.2, -0.15) is 5.10 Å². The fourth-order valence-corrected chi connectivity index (χ4v) is 3.00. The van der Waals surface area contributed by atoms with Crippen molar-refractivity contribution < 1.29 is 0 Å². The summed E-state index contributed by atoms with van der Waals surface area (Å²) in [5, 5.41) is 15.8. The zero-order chi connectivity index (χ0) is 15.8. The molecule has 0 amide bonds. The van der Waals surface area contributed by atoms with Crippen LogP contribution in [-0.4, -0.2) is 29.2 Å². The first kappa shape index (κ1) is 16.5. The quantitative estimate of drug-likeness (QED) is 0.418. The molecule has 3 N–H and O–H groups in total. The lowest BCUT2D eigenvalue weighted by atomic mass is 10.1. The van der Waals surface area contributed by atoms with Gasteiger partial charge in [-0.25, -0.2) is 4.99 Å². The van der Waals surface area contributed by atoms with Crippen LogP contribution in [0.15, 0.2) is 22.6 Å². The van der Waals surface area contributed by atoms with E-state index in [4.69, 9.17) is 0 Å². The number of aromatic amines is 1. The minimum absolute atomic E-state index is 0.736. The van der Waals surface area contributed by atoms with Gasteiger partial charge in [-0.05, 0) is 56.2 Å². The van der Waals surface area contributed by atoms with E-state index in [2.05, 4.69) is 58.0 Å². The topological polar surface area (TPSA) is 65.1 Å². The Morgan fingerprint density at radius 1 is 1.36 bits per heavy atom. The van der Waals surface area contributed by atoms with Crippen LogP contribution in [0.4, 0.5) is 0 Å². The largest absolute Gasteiger partial charge is 0.357 e. The molecule has 0 aromatic carbocycles. The molecule has 0 radical (unpaired) electrons. The summed E-state index contributed by atoms with van der Waals surface area (Å²) >= 11 is 1.76. The van der Waals surface area contributed by atoms with E-state index in [1.54, 1.807) is 11.3 Å². The van der Waals surface area contributed by atoms with E-state index in [1.807, 2.05) is 6.20 Å². The molecule has 5 nitrogen and oxygen atoms in total. The van der Waals surface area contributed by atoms with Crippen LogP contribution < -0.4 is 10.6 Å². The van der Waals surface area contributed by atoms with Gasteiger partial charge < -0.3 is 10.6 Å². The number of hydrogen-bond donors (Lipinski definition) is 3. The first-order valence-corrected chi connectivity index (χ1v) is 8.62. The second kappa shape index (κ2) is 8.58. The third-order valence-corrected chi connectivity index (χ3v) is 4.55. The number of nitrogens with one attached hydrogen (secondary N) is 3. The Labute approximate surface area is 136 Å². The van der Waals surface area contributed by atoms with Crippen molar-refractivity contribution in [3.63, 3.8) is 0 Å². The Balaban J connectivity index is 1.78. The summed E-state index contributed by atoms with van der Waals surface area (Å²) in [4.78, 5) is 5.98. The molecular formula is C16H25N5S. The molecule has 0 aliphatic carbocycles. The third kappa shape index (κ3) is 4.87. The number of hydrogen-bond acceptors (Lipinski definition) is 3. The molecule has 22 heavy (non-hydrogen) atoms. The Hall–Kier alpha value is -1.82. The van der Waals surface area contributed by atoms with Gasteiger partial charge in [0.25, 0.3) is 0 Å². The van der Waals surface area contributed by atoms with Crippen LogP contribution >= 0.6 is 11.3 Å². The summed E-state index contributed by atoms with van der Waals surface area (Å²) in [5.41, 5.74) is 3.77. The lowest BCUT2D eigenvalue weighted by Gasteiger charge is -2.11. The van der Waals surface area contributed by atoms with Gasteiger partial charge in [0.15, 0.2) is 5.96 Å². The monoisotopic (exact) mass is 319 g/mol. The maximum atomic E-state index is 4.66. The Bertz CT molecular complexity index is 599. The van der Waals surface area contributed by atoms with Crippen molar-refractivity contribution in [1.29, 1.82) is 0 Å². The van der Waals surface area contributed by atoms with Gasteiger partial charge >= 0.3 is 0 Å². The molecule has 2 aromatic heterocycles. The number of aromatic nitrogens is 2. The molecule has 0 saturated carbocycles. The summed E-state index contributed by atoms with van der Waals surface area (Å²) in [6.07, 6.45) is 4.00. The average Bonchev–Trinajstić information content (AvgIpc) is 3.09. The van der Waals surface area contributed by atoms with Crippen LogP contribution in [0.5, 0.6) is 0 Å². The number of H-pyrrole nitrogens is 1. The fraction of sp³-hybridized carbons (Fsp3) is 0.500. The molecule has 0 atom stereocenters. The highest BCUT2D eigenvalue weighted by atomic mass is 32.1. The van der Waals surface area contributed by atoms with Gasteiger partial charge in [0, 0.05) is 23.7 Å². The van der Waals surface area contributed by atoms with Gasteiger partial charge in [-0.15, -0.1) is 11.3 Å². The van der Waals surface area contributed by atoms with Crippen LogP contribution in [0.25, 0.3) is 0 Å². The summed E-state index contributed by atoms with van der Waals surface area (Å²) < 4.78 is 0. The third-order valence-electron chi connectivity index (χ3n) is 3.54. The number of aliphatic imine (C=N–C) groups is 1. The lowest BCUT2D eigenvalue weighted by Crippen LogP contribution is -2.37. The number of thiophene rings is 1. The molecule has 2 aromatic rings. The van der Waals surface area contributed by atoms with Crippen molar-refractivity contribution in [3.8, 4) is 0 Å². The highest BCUT2D eigenvalue weighted by Crippen LogP contribution is 2.16. The standard InChI is InChI=1S/C16H25N5S/c1-4-17-16(19-11-15-12(2)7-9-22-15)18-8-5-6-14-10-20-21-13(14)3/h7,9-10H,4-6,8,11H2,1-3H3,(H,20,21)(H2,17,18,19). The van der Waals surface area contributed by atoms with Crippen molar-refractivity contribution in [3.05, 3.63) is 39.3 Å². The van der Waals surface area contributed by atoms with E-state index in [0.717, 1.165) is 44.1 Å². The number of nitrogens with zero attached hydrogens (tertiary/aromatic N) is 2. The second-order valence-corrected chi connectivity index (χ2v) is 6.27. The average molecular weight is 319 g/mol. The van der Waals surface area contributed by atoms with Gasteiger partial charge in [0.2, 0.25) is 0 Å². The SMILES string of the molecule is CCNC(=NCc1sccc1C)NCCCc1cn[nH]c1C. The molecule has 120 valence electrons. The molecule has 0 bridgehead atoms. The highest BCUT2D eigenvalue weighted by Gasteiger charge is 2.02. The van der Waals surface area contributed by atoms with E-state index in [1.165, 1.54) is 16.0 Å². The van der Waals surface area contributed by atoms with Crippen LogP contribution in [0, 0.1) is 13.8 Å². The predicted molar refractivity (Wildman–Crippen MR) is 93.5 cm³/mol. The van der Waals surface area contributed by atoms with Gasteiger partial charge in [0.1, 0.15) is 0 Å². The van der Waals surface area contributed by atoms with E-state index in [-0.39, 0.29) is 0 Å². The molecule has 6 heteroatoms. The maximum Gasteiger partial charge on any atom is 0.191 e. The normalized spacial score (nSPS) is 11.7. The lowest BCUT2D eigenvalue weighted by molar-refractivity contribution is 0.742. The molecule has 2 heterocycles. The predicted octanol–water partition coefficient (Wildman–Crippen LogP) is 2.78. The molecule has 0 aliphatic heterocycles. The summed E-state index contributed by atoms with van der Waals surface area (Å²) in [6, 6.07) is 2.14. The smallest absolute Gasteiger partial charge is 0.191 e. The zero-order valence-electron chi connectivity index (χ0n) is 13.6. The van der Waals surface area contributed by atoms with Crippen LogP contribution in [-0.2, 0) is 13.0 Å². The molecule has 0 unspecified atom stereocenters. The first-order chi connectivity index (χ1) is 10.7. The second-order valence-electron chi connectivity index (χ2n) is 5.27. The minimum Gasteiger partial charge on any atom is -0.357 e. The van der Waals surface area contributed by atoms with Gasteiger partial charge in [0.05, 0.1) is 12.7 Å². The van der Waals surface area contributed by atoms with Crippen LogP contribution in [0.2, 0.25) is 0 Å². The van der Waals surface area contributed by atoms with E-state index < -0.39 is 0 Å². The molecule has 0 fully saturated rings. The number of aryl methyl sites for hydroxylation is 3. The van der Waals surface area contributed by atoms with Gasteiger partial charge in [-0.3, -0.25) is 5.10 Å². The molecule has 0 spiro atoms. The summed E-state index contributed by atoms with van der Waals surface area (Å²) in [7, 11) is 0. The Morgan fingerprint density at radius 2 is 2.23 bits per heavy atom. The molecular weight excluding hydrogens is 294 g/mol. The fourth-order valence-electron chi connectivity index (χ4n) is 2.17. The molecule has 2 rings (SSSR count). The van der Waals surface area contributed by atoms with Crippen molar-refractivity contribution >= 4 is 17.3 Å². The number of guanidine groups is 1. The van der Waals surface area contributed by atoms with Crippen molar-refractivity contribution in [2.24, 2.45) is 4.99 Å². The molecule has 0 saturated heterocycles. The Kier molecular flexibility index (Phi) is 6.45. The minimum atomic E-state index is 0.736. The highest BCUT2D eigenvalue weighted by molar-refractivity contribution is 7.10. The Morgan fingerprint density at radius 3 is 2.86 bits per heavy atom. The van der Waals surface area contributed by atoms with Gasteiger partial charge in [-0.1, -0.05) is 0 Å². The van der Waals surface area contributed by atoms with E-state index in [0.29, 0.717) is 0 Å². The van der Waals surface area contributed by atoms with Crippen molar-refractivity contribution in [2.45, 2.75) is 40.2 Å². The zero-order valence-corrected chi connectivity index (χ0v) is 14.4. The summed E-state index contributed by atoms with van der Waals surface area (Å²) in [6.45, 7) is 8.79. The first-order valence-electron chi connectivity index (χ1n) is 7.74. The van der Waals surface area contributed by atoms with Crippen molar-refractivity contribution in [2.75, 3.05) is 13.1 Å². The van der Waals surface area contributed by atoms with Crippen LogP contribution in [0.3, 0.4) is 0 Å². The summed E-state index contributed by atoms with van der Waals surface area (Å²) in [5.74, 6) is 0.888.